The van der Waals surface area contributed by atoms with Crippen molar-refractivity contribution < 1.29 is 26.4 Å². The smallest absolute Gasteiger partial charge is 0.316 e. The molecule has 4 aromatic rings. The summed E-state index contributed by atoms with van der Waals surface area (Å²) in [5.74, 6) is 0.600. The lowest BCUT2D eigenvalue weighted by molar-refractivity contribution is 0.0722. The van der Waals surface area contributed by atoms with Gasteiger partial charge in [-0.25, -0.2) is 4.52 Å². The topological polar surface area (TPSA) is 163 Å². The molecule has 0 spiro atoms. The normalized spacial score (nSPS) is 17.2. The van der Waals surface area contributed by atoms with E-state index in [0.29, 0.717) is 65.8 Å². The number of likely N-dealkylation sites (tertiary alicyclic amines) is 2. The molecule has 0 radical (unpaired) electrons. The van der Waals surface area contributed by atoms with Gasteiger partial charge in [0.1, 0.15) is 11.5 Å². The molecular weight excluding hydrogens is 693 g/mol. The van der Waals surface area contributed by atoms with Crippen molar-refractivity contribution in [3.8, 4) is 11.5 Å². The first-order chi connectivity index (χ1) is 24.4. The lowest BCUT2D eigenvalue weighted by Gasteiger charge is -2.28. The highest BCUT2D eigenvalue weighted by atomic mass is 32.2. The predicted molar refractivity (Wildman–Crippen MR) is 196 cm³/mol. The predicted octanol–water partition coefficient (Wildman–Crippen LogP) is 5.29. The SMILES string of the molecule is Cc1ccc(NS(=O)Oc2cc(C(=O)N3CCCCC3)cc(C(=O)N3CCCCC3)c2)cc1OS(=O)NC(C)c1nnc2cc(C(C)(C)C)[nH]n12. The van der Waals surface area contributed by atoms with Crippen LogP contribution in [0.2, 0.25) is 0 Å². The Bertz CT molecular complexity index is 1890. The fourth-order valence-electron chi connectivity index (χ4n) is 6.18. The molecule has 16 heteroatoms. The van der Waals surface area contributed by atoms with Gasteiger partial charge in [-0.15, -0.1) is 10.2 Å². The number of nitrogens with one attached hydrogen (secondary N) is 3. The average molecular weight is 739 g/mol. The second-order valence-corrected chi connectivity index (χ2v) is 15.9. The summed E-state index contributed by atoms with van der Waals surface area (Å²) in [5.41, 5.74) is 3.25. The van der Waals surface area contributed by atoms with Crippen molar-refractivity contribution in [3.05, 3.63) is 70.7 Å². The van der Waals surface area contributed by atoms with Crippen LogP contribution in [0.5, 0.6) is 11.5 Å². The Morgan fingerprint density at radius 1 is 0.824 bits per heavy atom. The molecule has 51 heavy (non-hydrogen) atoms. The summed E-state index contributed by atoms with van der Waals surface area (Å²) in [6.45, 7) is 12.5. The van der Waals surface area contributed by atoms with Crippen molar-refractivity contribution in [1.29, 1.82) is 0 Å². The Hall–Kier alpha value is -4.28. The summed E-state index contributed by atoms with van der Waals surface area (Å²) in [6, 6.07) is 11.1. The number of aromatic nitrogens is 4. The molecule has 0 aliphatic carbocycles. The monoisotopic (exact) mass is 738 g/mol. The van der Waals surface area contributed by atoms with Crippen molar-refractivity contribution in [2.75, 3.05) is 30.9 Å². The van der Waals surface area contributed by atoms with Gasteiger partial charge in [0.15, 0.2) is 11.5 Å². The molecule has 2 aliphatic rings. The summed E-state index contributed by atoms with van der Waals surface area (Å²) >= 11 is -4.09. The molecule has 14 nitrogen and oxygen atoms in total. The zero-order chi connectivity index (χ0) is 36.3. The lowest BCUT2D eigenvalue weighted by atomic mass is 9.93. The number of carbonyl (C=O) groups excluding carboxylic acids is 2. The first-order valence-corrected chi connectivity index (χ1v) is 19.5. The maximum Gasteiger partial charge on any atom is 0.316 e. The number of aryl methyl sites for hydroxylation is 1. The van der Waals surface area contributed by atoms with Crippen LogP contribution in [0.3, 0.4) is 0 Å². The number of amides is 2. The molecule has 2 aromatic heterocycles. The van der Waals surface area contributed by atoms with Gasteiger partial charge in [0.25, 0.3) is 23.1 Å². The second kappa shape index (κ2) is 15.5. The molecule has 274 valence electrons. The highest BCUT2D eigenvalue weighted by Gasteiger charge is 2.25. The van der Waals surface area contributed by atoms with Crippen molar-refractivity contribution in [3.63, 3.8) is 0 Å². The van der Waals surface area contributed by atoms with E-state index in [4.69, 9.17) is 8.37 Å². The highest BCUT2D eigenvalue weighted by Crippen LogP contribution is 2.27. The number of hydrogen-bond donors (Lipinski definition) is 3. The van der Waals surface area contributed by atoms with Crippen LogP contribution < -0.4 is 17.8 Å². The van der Waals surface area contributed by atoms with Crippen LogP contribution in [-0.4, -0.2) is 76.0 Å². The Morgan fingerprint density at radius 2 is 1.43 bits per heavy atom. The van der Waals surface area contributed by atoms with Crippen LogP contribution in [0.1, 0.15) is 110 Å². The number of carbonyl (C=O) groups is 2. The minimum atomic E-state index is -2.12. The number of aromatic amines is 1. The van der Waals surface area contributed by atoms with Crippen LogP contribution in [0.4, 0.5) is 5.69 Å². The van der Waals surface area contributed by atoms with Crippen molar-refractivity contribution in [2.24, 2.45) is 0 Å². The number of nitrogens with zero attached hydrogens (tertiary/aromatic N) is 5. The van der Waals surface area contributed by atoms with Crippen LogP contribution in [0, 0.1) is 6.92 Å². The van der Waals surface area contributed by atoms with Gasteiger partial charge in [-0.3, -0.25) is 19.4 Å². The third-order valence-electron chi connectivity index (χ3n) is 9.10. The summed E-state index contributed by atoms with van der Waals surface area (Å²) in [4.78, 5) is 30.5. The van der Waals surface area contributed by atoms with Crippen LogP contribution in [-0.2, 0) is 27.9 Å². The zero-order valence-electron chi connectivity index (χ0n) is 29.7. The number of fused-ring (bicyclic) bond motifs is 1. The number of hydrogen-bond acceptors (Lipinski definition) is 8. The number of piperidine rings is 2. The number of benzene rings is 2. The van der Waals surface area contributed by atoms with Crippen molar-refractivity contribution >= 4 is 45.7 Å². The van der Waals surface area contributed by atoms with Gasteiger partial charge in [0.05, 0.1) is 11.7 Å². The molecular formula is C35H46N8O6S2. The highest BCUT2D eigenvalue weighted by molar-refractivity contribution is 7.82. The maximum atomic E-state index is 13.5. The average Bonchev–Trinajstić information content (AvgIpc) is 3.72. The lowest BCUT2D eigenvalue weighted by Crippen LogP contribution is -2.37. The third-order valence-corrected chi connectivity index (χ3v) is 10.7. The summed E-state index contributed by atoms with van der Waals surface area (Å²) in [7, 11) is 0. The molecule has 0 saturated carbocycles. The molecule has 3 atom stereocenters. The minimum Gasteiger partial charge on any atom is -0.389 e. The van der Waals surface area contributed by atoms with Gasteiger partial charge in [-0.2, -0.15) is 13.1 Å². The minimum absolute atomic E-state index is 0.114. The zero-order valence-corrected chi connectivity index (χ0v) is 31.3. The van der Waals surface area contributed by atoms with Gasteiger partial charge in [-0.1, -0.05) is 26.8 Å². The van der Waals surface area contributed by atoms with E-state index >= 15 is 0 Å². The Labute approximate surface area is 303 Å². The van der Waals surface area contributed by atoms with Gasteiger partial charge < -0.3 is 18.2 Å². The summed E-state index contributed by atoms with van der Waals surface area (Å²) in [5, 5.41) is 11.8. The van der Waals surface area contributed by atoms with E-state index in [1.807, 2.05) is 6.07 Å². The third kappa shape index (κ3) is 8.79. The van der Waals surface area contributed by atoms with E-state index < -0.39 is 28.6 Å². The molecule has 0 bridgehead atoms. The number of anilines is 1. The molecule has 2 aliphatic heterocycles. The second-order valence-electron chi connectivity index (χ2n) is 14.2. The molecule has 6 rings (SSSR count). The molecule has 3 unspecified atom stereocenters. The fraction of sp³-hybridized carbons (Fsp3) is 0.486. The molecule has 2 aromatic carbocycles. The van der Waals surface area contributed by atoms with Gasteiger partial charge in [0, 0.05) is 60.5 Å². The molecule has 2 saturated heterocycles. The van der Waals surface area contributed by atoms with E-state index in [-0.39, 0.29) is 23.0 Å². The Balaban J connectivity index is 1.13. The molecule has 2 amide bonds. The van der Waals surface area contributed by atoms with Crippen LogP contribution >= 0.6 is 0 Å². The molecule has 3 N–H and O–H groups in total. The van der Waals surface area contributed by atoms with E-state index in [1.54, 1.807) is 52.4 Å². The first kappa shape index (κ1) is 36.5. The van der Waals surface area contributed by atoms with E-state index in [1.165, 1.54) is 12.1 Å². The van der Waals surface area contributed by atoms with Gasteiger partial charge in [0.2, 0.25) is 0 Å². The van der Waals surface area contributed by atoms with Crippen LogP contribution in [0.15, 0.2) is 42.5 Å². The Morgan fingerprint density at radius 3 is 2.02 bits per heavy atom. The van der Waals surface area contributed by atoms with Gasteiger partial charge >= 0.3 is 11.3 Å². The molecule has 2 fully saturated rings. The van der Waals surface area contributed by atoms with E-state index in [9.17, 15) is 18.0 Å². The number of rotatable bonds is 11. The molecule has 4 heterocycles. The summed E-state index contributed by atoms with van der Waals surface area (Å²) in [6.07, 6.45) is 5.86. The van der Waals surface area contributed by atoms with E-state index in [2.05, 4.69) is 45.5 Å². The van der Waals surface area contributed by atoms with Crippen molar-refractivity contribution in [1.82, 2.24) is 34.3 Å². The quantitative estimate of drug-likeness (QED) is 0.187. The number of H-pyrrole nitrogens is 1. The Kier molecular flexibility index (Phi) is 11.1. The largest absolute Gasteiger partial charge is 0.389 e. The standard InChI is InChI=1S/C35H46N8O6S2/c1-23-12-13-27(21-29(23)49-50(46)39-24(2)32-37-36-31-22-30(35(3,4)5)38-43(31)32)40-51(47)48-28-19-25(33(44)41-14-8-6-9-15-41)18-26(20-28)34(45)42-16-10-7-11-17-42/h12-13,18-22,24,38-40H,6-11,14-17H2,1-5H3. The fourth-order valence-corrected chi connectivity index (χ4v) is 7.59. The van der Waals surface area contributed by atoms with Crippen LogP contribution in [0.25, 0.3) is 5.65 Å². The van der Waals surface area contributed by atoms with Gasteiger partial charge in [-0.05, 0) is 82.2 Å². The maximum absolute atomic E-state index is 13.5. The summed E-state index contributed by atoms with van der Waals surface area (Å²) < 4.78 is 45.3. The first-order valence-electron chi connectivity index (χ1n) is 17.4. The van der Waals surface area contributed by atoms with Crippen molar-refractivity contribution in [2.45, 2.75) is 84.6 Å². The van der Waals surface area contributed by atoms with E-state index in [0.717, 1.165) is 44.2 Å².